The smallest absolute Gasteiger partial charge is 0.443 e. The van der Waals surface area contributed by atoms with E-state index in [-0.39, 0.29) is 27.3 Å². The maximum Gasteiger partial charge on any atom is 0.443 e. The molecular formula is C11H5F4NO2S. The van der Waals surface area contributed by atoms with Crippen LogP contribution in [0, 0.1) is 5.82 Å². The first-order chi connectivity index (χ1) is 8.79. The van der Waals surface area contributed by atoms with Crippen LogP contribution in [-0.2, 0) is 6.18 Å². The van der Waals surface area contributed by atoms with Crippen LogP contribution in [0.25, 0.3) is 10.4 Å². The third-order valence-corrected chi connectivity index (χ3v) is 3.30. The molecule has 1 heterocycles. The van der Waals surface area contributed by atoms with Crippen LogP contribution in [0.4, 0.5) is 17.6 Å². The van der Waals surface area contributed by atoms with Crippen LogP contribution in [0.5, 0.6) is 0 Å². The predicted octanol–water partition coefficient (Wildman–Crippen LogP) is 3.67. The van der Waals surface area contributed by atoms with Crippen LogP contribution >= 0.6 is 11.3 Å². The molecule has 0 amide bonds. The second kappa shape index (κ2) is 4.61. The van der Waals surface area contributed by atoms with Gasteiger partial charge < -0.3 is 5.11 Å². The fourth-order valence-corrected chi connectivity index (χ4v) is 2.18. The number of benzene rings is 1. The molecular weight excluding hydrogens is 286 g/mol. The number of carboxylic acids is 1. The average molecular weight is 291 g/mol. The van der Waals surface area contributed by atoms with Crippen LogP contribution in [-0.4, -0.2) is 16.1 Å². The number of nitrogens with zero attached hydrogens (tertiary/aromatic N) is 1. The van der Waals surface area contributed by atoms with Crippen molar-refractivity contribution in [2.45, 2.75) is 6.18 Å². The van der Waals surface area contributed by atoms with E-state index in [0.717, 1.165) is 24.4 Å². The van der Waals surface area contributed by atoms with Gasteiger partial charge >= 0.3 is 12.1 Å². The summed E-state index contributed by atoms with van der Waals surface area (Å²) in [5.74, 6) is -2.09. The molecule has 1 N–H and O–H groups in total. The van der Waals surface area contributed by atoms with E-state index >= 15 is 0 Å². The van der Waals surface area contributed by atoms with E-state index in [2.05, 4.69) is 4.98 Å². The largest absolute Gasteiger partial charge is 0.478 e. The van der Waals surface area contributed by atoms with Gasteiger partial charge in [0.15, 0.2) is 5.01 Å². The SMILES string of the molecule is O=C(O)c1ccc(F)c(-c2cnc(C(F)(F)F)s2)c1. The second-order valence-corrected chi connectivity index (χ2v) is 4.56. The quantitative estimate of drug-likeness (QED) is 0.859. The summed E-state index contributed by atoms with van der Waals surface area (Å²) in [6.07, 6.45) is -3.73. The van der Waals surface area contributed by atoms with Gasteiger partial charge in [-0.1, -0.05) is 0 Å². The van der Waals surface area contributed by atoms with Crippen molar-refractivity contribution >= 4 is 17.3 Å². The topological polar surface area (TPSA) is 50.2 Å². The number of hydrogen-bond acceptors (Lipinski definition) is 3. The first-order valence-corrected chi connectivity index (χ1v) is 5.67. The van der Waals surface area contributed by atoms with E-state index in [1.807, 2.05) is 0 Å². The molecule has 0 aliphatic carbocycles. The average Bonchev–Trinajstić information content (AvgIpc) is 2.78. The number of aromatic nitrogens is 1. The molecule has 19 heavy (non-hydrogen) atoms. The van der Waals surface area contributed by atoms with Crippen molar-refractivity contribution in [1.82, 2.24) is 4.98 Å². The van der Waals surface area contributed by atoms with Crippen LogP contribution in [0.3, 0.4) is 0 Å². The Morgan fingerprint density at radius 3 is 2.53 bits per heavy atom. The molecule has 3 nitrogen and oxygen atoms in total. The highest BCUT2D eigenvalue weighted by atomic mass is 32.1. The zero-order valence-corrected chi connectivity index (χ0v) is 9.85. The molecule has 0 aliphatic heterocycles. The lowest BCUT2D eigenvalue weighted by Gasteiger charge is -2.02. The molecule has 1 aromatic heterocycles. The Hall–Kier alpha value is -1.96. The fourth-order valence-electron chi connectivity index (χ4n) is 1.38. The van der Waals surface area contributed by atoms with E-state index in [4.69, 9.17) is 5.11 Å². The lowest BCUT2D eigenvalue weighted by atomic mass is 10.1. The summed E-state index contributed by atoms with van der Waals surface area (Å²) in [4.78, 5) is 13.8. The van der Waals surface area contributed by atoms with Gasteiger partial charge in [-0.3, -0.25) is 0 Å². The van der Waals surface area contributed by atoms with Gasteiger partial charge in [0.2, 0.25) is 0 Å². The monoisotopic (exact) mass is 291 g/mol. The van der Waals surface area contributed by atoms with Gasteiger partial charge in [0, 0.05) is 11.8 Å². The van der Waals surface area contributed by atoms with Gasteiger partial charge in [0.05, 0.1) is 10.4 Å². The van der Waals surface area contributed by atoms with Gasteiger partial charge in [-0.2, -0.15) is 13.2 Å². The first-order valence-electron chi connectivity index (χ1n) is 4.85. The van der Waals surface area contributed by atoms with Crippen LogP contribution < -0.4 is 0 Å². The highest BCUT2D eigenvalue weighted by molar-refractivity contribution is 7.15. The summed E-state index contributed by atoms with van der Waals surface area (Å²) in [6.45, 7) is 0. The predicted molar refractivity (Wildman–Crippen MR) is 59.5 cm³/mol. The molecule has 1 aromatic carbocycles. The first kappa shape index (κ1) is 13.5. The molecule has 8 heteroatoms. The molecule has 0 radical (unpaired) electrons. The fraction of sp³-hybridized carbons (Fsp3) is 0.0909. The molecule has 0 saturated heterocycles. The number of thiazole rings is 1. The normalized spacial score (nSPS) is 11.6. The van der Waals surface area contributed by atoms with Gasteiger partial charge in [-0.15, -0.1) is 11.3 Å². The third-order valence-electron chi connectivity index (χ3n) is 2.23. The van der Waals surface area contributed by atoms with E-state index in [0.29, 0.717) is 0 Å². The zero-order chi connectivity index (χ0) is 14.2. The third kappa shape index (κ3) is 2.73. The number of carbonyl (C=O) groups is 1. The molecule has 0 fully saturated rings. The van der Waals surface area contributed by atoms with E-state index < -0.39 is 23.0 Å². The number of aromatic carboxylic acids is 1. The van der Waals surface area contributed by atoms with E-state index in [9.17, 15) is 22.4 Å². The number of hydrogen-bond donors (Lipinski definition) is 1. The molecule has 0 aliphatic rings. The molecule has 100 valence electrons. The van der Waals surface area contributed by atoms with Crippen molar-refractivity contribution in [1.29, 1.82) is 0 Å². The standard InChI is InChI=1S/C11H5F4NO2S/c12-7-2-1-5(9(17)18)3-6(7)8-4-16-10(19-8)11(13,14)15/h1-4H,(H,17,18). The van der Waals surface area contributed by atoms with Gasteiger partial charge in [-0.05, 0) is 18.2 Å². The molecule has 2 aromatic rings. The minimum absolute atomic E-state index is 0.0760. The molecule has 2 rings (SSSR count). The number of alkyl halides is 3. The van der Waals surface area contributed by atoms with Crippen LogP contribution in [0.2, 0.25) is 0 Å². The summed E-state index contributed by atoms with van der Waals surface area (Å²) in [7, 11) is 0. The summed E-state index contributed by atoms with van der Waals surface area (Å²) in [5, 5.41) is 7.66. The maximum absolute atomic E-state index is 13.5. The van der Waals surface area contributed by atoms with Crippen molar-refractivity contribution in [3.63, 3.8) is 0 Å². The Labute approximate surface area is 108 Å². The van der Waals surface area contributed by atoms with Crippen LogP contribution in [0.1, 0.15) is 15.4 Å². The number of halogens is 4. The summed E-state index contributed by atoms with van der Waals surface area (Å²) < 4.78 is 50.7. The van der Waals surface area contributed by atoms with Crippen molar-refractivity contribution in [2.24, 2.45) is 0 Å². The Morgan fingerprint density at radius 2 is 2.00 bits per heavy atom. The second-order valence-electron chi connectivity index (χ2n) is 3.53. The molecule has 0 bridgehead atoms. The Balaban J connectivity index is 2.49. The van der Waals surface area contributed by atoms with Gasteiger partial charge in [-0.25, -0.2) is 14.2 Å². The Morgan fingerprint density at radius 1 is 1.32 bits per heavy atom. The lowest BCUT2D eigenvalue weighted by molar-refractivity contribution is -0.137. The van der Waals surface area contributed by atoms with E-state index in [1.54, 1.807) is 0 Å². The Bertz CT molecular complexity index is 636. The Kier molecular flexibility index (Phi) is 3.27. The molecule has 0 saturated carbocycles. The van der Waals surface area contributed by atoms with Crippen molar-refractivity contribution < 1.29 is 27.5 Å². The molecule has 0 atom stereocenters. The zero-order valence-electron chi connectivity index (χ0n) is 9.03. The summed E-state index contributed by atoms with van der Waals surface area (Å²) in [6, 6.07) is 2.91. The minimum Gasteiger partial charge on any atom is -0.478 e. The number of carboxylic acid groups (broad SMARTS) is 1. The molecule has 0 unspecified atom stereocenters. The highest BCUT2D eigenvalue weighted by Crippen LogP contribution is 2.37. The van der Waals surface area contributed by atoms with Gasteiger partial charge in [0.25, 0.3) is 0 Å². The van der Waals surface area contributed by atoms with Crippen LogP contribution in [0.15, 0.2) is 24.4 Å². The van der Waals surface area contributed by atoms with Crippen molar-refractivity contribution in [3.05, 3.63) is 40.8 Å². The highest BCUT2D eigenvalue weighted by Gasteiger charge is 2.34. The van der Waals surface area contributed by atoms with Crippen molar-refractivity contribution in [2.75, 3.05) is 0 Å². The minimum atomic E-state index is -4.61. The maximum atomic E-state index is 13.5. The number of rotatable bonds is 2. The summed E-state index contributed by atoms with van der Waals surface area (Å²) in [5.41, 5.74) is -0.425. The van der Waals surface area contributed by atoms with Crippen molar-refractivity contribution in [3.8, 4) is 10.4 Å². The van der Waals surface area contributed by atoms with Gasteiger partial charge in [0.1, 0.15) is 5.82 Å². The summed E-state index contributed by atoms with van der Waals surface area (Å²) >= 11 is 0.258. The lowest BCUT2D eigenvalue weighted by Crippen LogP contribution is -2.02. The molecule has 0 spiro atoms. The van der Waals surface area contributed by atoms with E-state index in [1.165, 1.54) is 0 Å².